The van der Waals surface area contributed by atoms with E-state index in [9.17, 15) is 8.42 Å². The van der Waals surface area contributed by atoms with Crippen molar-refractivity contribution in [3.63, 3.8) is 0 Å². The Bertz CT molecular complexity index is 1080. The van der Waals surface area contributed by atoms with Crippen molar-refractivity contribution in [2.45, 2.75) is 23.8 Å². The molecule has 3 aromatic carbocycles. The second-order valence-electron chi connectivity index (χ2n) is 7.48. The fourth-order valence-corrected chi connectivity index (χ4v) is 4.69. The molecule has 1 heterocycles. The van der Waals surface area contributed by atoms with E-state index in [1.165, 1.54) is 12.1 Å². The maximum absolute atomic E-state index is 12.8. The molecule has 0 saturated carbocycles. The summed E-state index contributed by atoms with van der Waals surface area (Å²) in [6.07, 6.45) is 2.39. The maximum Gasteiger partial charge on any atom is 0.261 e. The first-order chi connectivity index (χ1) is 15.0. The second kappa shape index (κ2) is 9.41. The molecule has 1 fully saturated rings. The van der Waals surface area contributed by atoms with Crippen LogP contribution >= 0.6 is 0 Å². The van der Waals surface area contributed by atoms with E-state index in [1.54, 1.807) is 31.4 Å². The van der Waals surface area contributed by atoms with Crippen LogP contribution in [0.1, 0.15) is 12.8 Å². The molecular weight excluding hydrogens is 412 g/mol. The van der Waals surface area contributed by atoms with Gasteiger partial charge in [0.2, 0.25) is 0 Å². The van der Waals surface area contributed by atoms with Crippen LogP contribution in [0.25, 0.3) is 0 Å². The summed E-state index contributed by atoms with van der Waals surface area (Å²) in [6.45, 7) is 1.82. The van der Waals surface area contributed by atoms with Gasteiger partial charge in [-0.1, -0.05) is 18.2 Å². The summed E-state index contributed by atoms with van der Waals surface area (Å²) in [5.74, 6) is 1.27. The van der Waals surface area contributed by atoms with Crippen LogP contribution in [0.15, 0.2) is 83.8 Å². The van der Waals surface area contributed by atoms with Crippen LogP contribution in [-0.2, 0) is 14.8 Å². The Morgan fingerprint density at radius 3 is 2.26 bits per heavy atom. The normalized spacial score (nSPS) is 16.7. The second-order valence-corrected chi connectivity index (χ2v) is 9.17. The minimum atomic E-state index is -3.69. The number of ether oxygens (including phenoxy) is 2. The molecule has 1 atom stereocenters. The zero-order valence-electron chi connectivity index (χ0n) is 17.4. The molecule has 0 bridgehead atoms. The molecule has 0 radical (unpaired) electrons. The van der Waals surface area contributed by atoms with Gasteiger partial charge < -0.3 is 14.4 Å². The third kappa shape index (κ3) is 5.37. The van der Waals surface area contributed by atoms with E-state index < -0.39 is 10.0 Å². The van der Waals surface area contributed by atoms with E-state index >= 15 is 0 Å². The zero-order chi connectivity index (χ0) is 21.7. The SMILES string of the molecule is COC1CCCN(c2ccc(NS(=O)(=O)c3ccc(Oc4ccccc4)cc3)cc2)C1. The highest BCUT2D eigenvalue weighted by atomic mass is 32.2. The zero-order valence-corrected chi connectivity index (χ0v) is 18.2. The van der Waals surface area contributed by atoms with Gasteiger partial charge in [0, 0.05) is 31.6 Å². The van der Waals surface area contributed by atoms with Crippen LogP contribution in [0.2, 0.25) is 0 Å². The van der Waals surface area contributed by atoms with Gasteiger partial charge in [-0.25, -0.2) is 8.42 Å². The third-order valence-electron chi connectivity index (χ3n) is 5.31. The molecule has 1 unspecified atom stereocenters. The summed E-state index contributed by atoms with van der Waals surface area (Å²) in [6, 6.07) is 23.2. The number of nitrogens with zero attached hydrogens (tertiary/aromatic N) is 1. The molecule has 7 heteroatoms. The van der Waals surface area contributed by atoms with E-state index in [-0.39, 0.29) is 11.0 Å². The summed E-state index contributed by atoms with van der Waals surface area (Å²) in [5.41, 5.74) is 1.58. The molecule has 1 aliphatic rings. The number of hydrogen-bond acceptors (Lipinski definition) is 5. The smallest absolute Gasteiger partial charge is 0.261 e. The summed E-state index contributed by atoms with van der Waals surface area (Å²) in [7, 11) is -1.95. The number of rotatable bonds is 7. The van der Waals surface area contributed by atoms with Crippen molar-refractivity contribution in [3.05, 3.63) is 78.9 Å². The van der Waals surface area contributed by atoms with Gasteiger partial charge in [-0.3, -0.25) is 4.72 Å². The molecule has 4 rings (SSSR count). The van der Waals surface area contributed by atoms with Gasteiger partial charge in [0.05, 0.1) is 11.0 Å². The summed E-state index contributed by atoms with van der Waals surface area (Å²) in [4.78, 5) is 2.44. The number of piperidine rings is 1. The Balaban J connectivity index is 1.41. The van der Waals surface area contributed by atoms with Gasteiger partial charge >= 0.3 is 0 Å². The minimum absolute atomic E-state index is 0.177. The lowest BCUT2D eigenvalue weighted by atomic mass is 10.1. The van der Waals surface area contributed by atoms with E-state index in [0.29, 0.717) is 17.2 Å². The van der Waals surface area contributed by atoms with Crippen molar-refractivity contribution < 1.29 is 17.9 Å². The molecule has 0 aromatic heterocycles. The average Bonchev–Trinajstić information content (AvgIpc) is 2.80. The topological polar surface area (TPSA) is 67.9 Å². The molecule has 6 nitrogen and oxygen atoms in total. The fraction of sp³-hybridized carbons (Fsp3) is 0.250. The van der Waals surface area contributed by atoms with Gasteiger partial charge in [0.25, 0.3) is 10.0 Å². The highest BCUT2D eigenvalue weighted by molar-refractivity contribution is 7.92. The standard InChI is InChI=1S/C24H26N2O4S/c1-29-23-8-5-17-26(18-23)20-11-9-19(10-12-20)25-31(27,28)24-15-13-22(14-16-24)30-21-6-3-2-4-7-21/h2-4,6-7,9-16,23,25H,5,8,17-18H2,1H3. The van der Waals surface area contributed by atoms with E-state index in [0.717, 1.165) is 31.6 Å². The van der Waals surface area contributed by atoms with E-state index in [1.807, 2.05) is 42.5 Å². The molecule has 1 saturated heterocycles. The molecule has 31 heavy (non-hydrogen) atoms. The predicted molar refractivity (Wildman–Crippen MR) is 122 cm³/mol. The van der Waals surface area contributed by atoms with Crippen LogP contribution in [0.4, 0.5) is 11.4 Å². The molecule has 162 valence electrons. The molecule has 1 aliphatic heterocycles. The first-order valence-corrected chi connectivity index (χ1v) is 11.8. The summed E-state index contributed by atoms with van der Waals surface area (Å²) in [5, 5.41) is 0. The van der Waals surface area contributed by atoms with Gasteiger partial charge in [-0.05, 0) is 73.5 Å². The van der Waals surface area contributed by atoms with Gasteiger partial charge in [0.15, 0.2) is 0 Å². The number of anilines is 2. The third-order valence-corrected chi connectivity index (χ3v) is 6.71. The highest BCUT2D eigenvalue weighted by Gasteiger charge is 2.20. The first-order valence-electron chi connectivity index (χ1n) is 10.3. The number of methoxy groups -OCH3 is 1. The quantitative estimate of drug-likeness (QED) is 0.569. The molecular formula is C24H26N2O4S. The number of sulfonamides is 1. The average molecular weight is 439 g/mol. The molecule has 0 amide bonds. The predicted octanol–water partition coefficient (Wildman–Crippen LogP) is 4.89. The molecule has 0 spiro atoms. The highest BCUT2D eigenvalue weighted by Crippen LogP contribution is 2.26. The Morgan fingerprint density at radius 1 is 0.903 bits per heavy atom. The lowest BCUT2D eigenvalue weighted by Crippen LogP contribution is -2.39. The maximum atomic E-state index is 12.8. The Kier molecular flexibility index (Phi) is 6.44. The number of nitrogens with one attached hydrogen (secondary N) is 1. The minimum Gasteiger partial charge on any atom is -0.457 e. The molecule has 3 aromatic rings. The van der Waals surface area contributed by atoms with Crippen molar-refractivity contribution in [1.29, 1.82) is 0 Å². The van der Waals surface area contributed by atoms with Crippen molar-refractivity contribution >= 4 is 21.4 Å². The molecule has 1 N–H and O–H groups in total. The van der Waals surface area contributed by atoms with Gasteiger partial charge in [-0.15, -0.1) is 0 Å². The van der Waals surface area contributed by atoms with Crippen LogP contribution in [0.3, 0.4) is 0 Å². The number of para-hydroxylation sites is 1. The Labute approximate surface area is 183 Å². The van der Waals surface area contributed by atoms with Crippen molar-refractivity contribution in [2.75, 3.05) is 29.8 Å². The Hall–Kier alpha value is -3.03. The number of benzene rings is 3. The largest absolute Gasteiger partial charge is 0.457 e. The van der Waals surface area contributed by atoms with E-state index in [2.05, 4.69) is 9.62 Å². The van der Waals surface area contributed by atoms with Crippen molar-refractivity contribution in [3.8, 4) is 11.5 Å². The van der Waals surface area contributed by atoms with Crippen LogP contribution in [0, 0.1) is 0 Å². The lowest BCUT2D eigenvalue weighted by molar-refractivity contribution is 0.0893. The summed E-state index contributed by atoms with van der Waals surface area (Å²) < 4.78 is 39.4. The first kappa shape index (κ1) is 21.2. The molecule has 0 aliphatic carbocycles. The number of hydrogen-bond donors (Lipinski definition) is 1. The lowest BCUT2D eigenvalue weighted by Gasteiger charge is -2.33. The fourth-order valence-electron chi connectivity index (χ4n) is 3.63. The Morgan fingerprint density at radius 2 is 1.58 bits per heavy atom. The van der Waals surface area contributed by atoms with Crippen LogP contribution in [0.5, 0.6) is 11.5 Å². The van der Waals surface area contributed by atoms with Crippen LogP contribution < -0.4 is 14.4 Å². The monoisotopic (exact) mass is 438 g/mol. The van der Waals surface area contributed by atoms with Crippen molar-refractivity contribution in [1.82, 2.24) is 0 Å². The van der Waals surface area contributed by atoms with Crippen LogP contribution in [-0.4, -0.2) is 34.7 Å². The summed E-state index contributed by atoms with van der Waals surface area (Å²) >= 11 is 0. The van der Waals surface area contributed by atoms with Gasteiger partial charge in [0.1, 0.15) is 11.5 Å². The van der Waals surface area contributed by atoms with E-state index in [4.69, 9.17) is 9.47 Å². The van der Waals surface area contributed by atoms with Crippen molar-refractivity contribution in [2.24, 2.45) is 0 Å². The van der Waals surface area contributed by atoms with Gasteiger partial charge in [-0.2, -0.15) is 0 Å².